The smallest absolute Gasteiger partial charge is 0.271 e. The average molecular weight is 341 g/mol. The largest absolute Gasteiger partial charge is 0.324 e. The molecule has 1 amide bonds. The molecule has 0 saturated heterocycles. The fraction of sp³-hybridized carbons (Fsp3) is 0.0556. The molecule has 0 spiro atoms. The topological polar surface area (TPSA) is 72.2 Å². The Hall–Kier alpha value is -2.92. The summed E-state index contributed by atoms with van der Waals surface area (Å²) in [7, 11) is 0. The Labute approximate surface area is 143 Å². The number of non-ortho nitro benzene ring substituents is 1. The number of hydrogen-bond donors (Lipinski definition) is 1. The number of nitro benzene ring substituents is 1. The molecular formula is C18H13ClN2O3. The average Bonchev–Trinajstić information content (AvgIpc) is 2.57. The second-order valence-corrected chi connectivity index (χ2v) is 5.69. The van der Waals surface area contributed by atoms with E-state index in [1.165, 1.54) is 18.2 Å². The van der Waals surface area contributed by atoms with Crippen LogP contribution in [0.5, 0.6) is 0 Å². The van der Waals surface area contributed by atoms with Crippen LogP contribution in [-0.2, 0) is 11.2 Å². The van der Waals surface area contributed by atoms with Crippen LogP contribution in [-0.4, -0.2) is 10.8 Å². The molecule has 0 fully saturated rings. The number of carbonyl (C=O) groups excluding carboxylic acids is 1. The first kappa shape index (κ1) is 16.0. The van der Waals surface area contributed by atoms with Crippen LogP contribution in [0.15, 0.2) is 60.7 Å². The van der Waals surface area contributed by atoms with Crippen molar-refractivity contribution in [2.24, 2.45) is 0 Å². The lowest BCUT2D eigenvalue weighted by Gasteiger charge is -2.09. The number of benzene rings is 3. The molecule has 0 heterocycles. The van der Waals surface area contributed by atoms with Gasteiger partial charge in [-0.2, -0.15) is 0 Å². The van der Waals surface area contributed by atoms with Gasteiger partial charge < -0.3 is 5.32 Å². The number of fused-ring (bicyclic) bond motifs is 1. The van der Waals surface area contributed by atoms with Crippen molar-refractivity contribution < 1.29 is 9.72 Å². The van der Waals surface area contributed by atoms with Crippen LogP contribution in [0, 0.1) is 10.1 Å². The number of rotatable bonds is 4. The zero-order valence-corrected chi connectivity index (χ0v) is 13.3. The van der Waals surface area contributed by atoms with Crippen molar-refractivity contribution in [3.05, 3.63) is 81.4 Å². The second kappa shape index (κ2) is 6.68. The van der Waals surface area contributed by atoms with Crippen LogP contribution in [0.1, 0.15) is 5.56 Å². The van der Waals surface area contributed by atoms with E-state index in [-0.39, 0.29) is 28.7 Å². The first-order chi connectivity index (χ1) is 11.5. The maximum absolute atomic E-state index is 12.3. The van der Waals surface area contributed by atoms with Crippen molar-refractivity contribution in [2.75, 3.05) is 5.32 Å². The molecule has 0 aliphatic carbocycles. The van der Waals surface area contributed by atoms with E-state index >= 15 is 0 Å². The quantitative estimate of drug-likeness (QED) is 0.558. The van der Waals surface area contributed by atoms with Crippen molar-refractivity contribution in [3.63, 3.8) is 0 Å². The third kappa shape index (κ3) is 3.36. The van der Waals surface area contributed by atoms with Gasteiger partial charge in [-0.05, 0) is 22.4 Å². The first-order valence-corrected chi connectivity index (χ1v) is 7.63. The summed E-state index contributed by atoms with van der Waals surface area (Å²) in [4.78, 5) is 22.6. The van der Waals surface area contributed by atoms with Gasteiger partial charge >= 0.3 is 0 Å². The summed E-state index contributed by atoms with van der Waals surface area (Å²) < 4.78 is 0. The van der Waals surface area contributed by atoms with Crippen LogP contribution >= 0.6 is 11.6 Å². The van der Waals surface area contributed by atoms with Crippen molar-refractivity contribution in [2.45, 2.75) is 6.42 Å². The van der Waals surface area contributed by atoms with Crippen LogP contribution < -0.4 is 5.32 Å². The Balaban J connectivity index is 1.83. The van der Waals surface area contributed by atoms with E-state index in [2.05, 4.69) is 5.32 Å². The summed E-state index contributed by atoms with van der Waals surface area (Å²) >= 11 is 6.01. The van der Waals surface area contributed by atoms with Gasteiger partial charge in [0, 0.05) is 12.1 Å². The Morgan fingerprint density at radius 1 is 1.08 bits per heavy atom. The molecular weight excluding hydrogens is 328 g/mol. The number of carbonyl (C=O) groups is 1. The number of nitro groups is 1. The van der Waals surface area contributed by atoms with Crippen LogP contribution in [0.25, 0.3) is 10.8 Å². The molecule has 120 valence electrons. The van der Waals surface area contributed by atoms with Gasteiger partial charge in [-0.15, -0.1) is 0 Å². The van der Waals surface area contributed by atoms with Crippen LogP contribution in [0.4, 0.5) is 11.4 Å². The number of nitrogens with zero attached hydrogens (tertiary/aromatic N) is 1. The molecule has 24 heavy (non-hydrogen) atoms. The predicted octanol–water partition coefficient (Wildman–Crippen LogP) is 4.58. The Bertz CT molecular complexity index is 935. The van der Waals surface area contributed by atoms with Crippen molar-refractivity contribution in [3.8, 4) is 0 Å². The SMILES string of the molecule is O=C(Cc1cccc2ccccc12)Nc1cc([N+](=O)[O-])ccc1Cl. The highest BCUT2D eigenvalue weighted by Gasteiger charge is 2.13. The zero-order valence-electron chi connectivity index (χ0n) is 12.5. The normalized spacial score (nSPS) is 10.5. The fourth-order valence-corrected chi connectivity index (χ4v) is 2.70. The Kier molecular flexibility index (Phi) is 4.44. The van der Waals surface area contributed by atoms with Crippen molar-refractivity contribution >= 4 is 39.7 Å². The van der Waals surface area contributed by atoms with Gasteiger partial charge in [0.15, 0.2) is 0 Å². The zero-order chi connectivity index (χ0) is 17.1. The molecule has 1 N–H and O–H groups in total. The van der Waals surface area contributed by atoms with Gasteiger partial charge in [-0.3, -0.25) is 14.9 Å². The lowest BCUT2D eigenvalue weighted by atomic mass is 10.0. The molecule has 0 aromatic heterocycles. The maximum Gasteiger partial charge on any atom is 0.271 e. The molecule has 0 bridgehead atoms. The number of amides is 1. The van der Waals surface area contributed by atoms with Crippen LogP contribution in [0.2, 0.25) is 5.02 Å². The van der Waals surface area contributed by atoms with E-state index in [1.807, 2.05) is 42.5 Å². The third-order valence-electron chi connectivity index (χ3n) is 3.67. The first-order valence-electron chi connectivity index (χ1n) is 7.25. The highest BCUT2D eigenvalue weighted by Crippen LogP contribution is 2.27. The molecule has 6 heteroatoms. The molecule has 5 nitrogen and oxygen atoms in total. The summed E-state index contributed by atoms with van der Waals surface area (Å²) in [6.07, 6.45) is 0.153. The third-order valence-corrected chi connectivity index (χ3v) is 4.00. The molecule has 0 radical (unpaired) electrons. The van der Waals surface area contributed by atoms with Gasteiger partial charge in [-0.1, -0.05) is 54.1 Å². The van der Waals surface area contributed by atoms with E-state index in [4.69, 9.17) is 11.6 Å². The van der Waals surface area contributed by atoms with E-state index in [0.717, 1.165) is 16.3 Å². The van der Waals surface area contributed by atoms with Gasteiger partial charge in [0.1, 0.15) is 0 Å². The Morgan fingerprint density at radius 2 is 1.83 bits per heavy atom. The lowest BCUT2D eigenvalue weighted by molar-refractivity contribution is -0.384. The molecule has 0 saturated carbocycles. The summed E-state index contributed by atoms with van der Waals surface area (Å²) in [6, 6.07) is 17.5. The fourth-order valence-electron chi connectivity index (χ4n) is 2.54. The summed E-state index contributed by atoms with van der Waals surface area (Å²) in [6.45, 7) is 0. The number of nitrogens with one attached hydrogen (secondary N) is 1. The van der Waals surface area contributed by atoms with E-state index in [9.17, 15) is 14.9 Å². The number of anilines is 1. The van der Waals surface area contributed by atoms with E-state index < -0.39 is 4.92 Å². The van der Waals surface area contributed by atoms with Gasteiger partial charge in [0.05, 0.1) is 22.1 Å². The number of halogens is 1. The van der Waals surface area contributed by atoms with Crippen LogP contribution in [0.3, 0.4) is 0 Å². The van der Waals surface area contributed by atoms with Gasteiger partial charge in [-0.25, -0.2) is 0 Å². The molecule has 0 aliphatic rings. The van der Waals surface area contributed by atoms with E-state index in [1.54, 1.807) is 0 Å². The minimum absolute atomic E-state index is 0.125. The second-order valence-electron chi connectivity index (χ2n) is 5.28. The highest BCUT2D eigenvalue weighted by molar-refractivity contribution is 6.33. The summed E-state index contributed by atoms with van der Waals surface area (Å²) in [5.41, 5.74) is 0.989. The van der Waals surface area contributed by atoms with Crippen molar-refractivity contribution in [1.82, 2.24) is 0 Å². The summed E-state index contributed by atoms with van der Waals surface area (Å²) in [5, 5.41) is 15.8. The standard InChI is InChI=1S/C18H13ClN2O3/c19-16-9-8-14(21(23)24)11-17(16)20-18(22)10-13-6-3-5-12-4-1-2-7-15(12)13/h1-9,11H,10H2,(H,20,22). The van der Waals surface area contributed by atoms with E-state index in [0.29, 0.717) is 0 Å². The monoisotopic (exact) mass is 340 g/mol. The minimum Gasteiger partial charge on any atom is -0.324 e. The molecule has 0 atom stereocenters. The Morgan fingerprint density at radius 3 is 2.62 bits per heavy atom. The summed E-state index contributed by atoms with van der Waals surface area (Å²) in [5.74, 6) is -0.284. The lowest BCUT2D eigenvalue weighted by Crippen LogP contribution is -2.15. The maximum atomic E-state index is 12.3. The highest BCUT2D eigenvalue weighted by atomic mass is 35.5. The minimum atomic E-state index is -0.531. The molecule has 3 aromatic carbocycles. The van der Waals surface area contributed by atoms with Crippen molar-refractivity contribution in [1.29, 1.82) is 0 Å². The van der Waals surface area contributed by atoms with Gasteiger partial charge in [0.25, 0.3) is 5.69 Å². The van der Waals surface area contributed by atoms with Gasteiger partial charge in [0.2, 0.25) is 5.91 Å². The number of hydrogen-bond acceptors (Lipinski definition) is 3. The predicted molar refractivity (Wildman–Crippen MR) is 94.4 cm³/mol. The molecule has 3 rings (SSSR count). The molecule has 0 aliphatic heterocycles. The molecule has 0 unspecified atom stereocenters. The molecule has 3 aromatic rings.